The molecule has 20 heavy (non-hydrogen) atoms. The van der Waals surface area contributed by atoms with Gasteiger partial charge in [0.2, 0.25) is 0 Å². The van der Waals surface area contributed by atoms with Crippen LogP contribution in [-0.4, -0.2) is 29.0 Å². The molecule has 0 aliphatic carbocycles. The van der Waals surface area contributed by atoms with E-state index < -0.39 is 0 Å². The van der Waals surface area contributed by atoms with Crippen molar-refractivity contribution < 1.29 is 0 Å². The molecular weight excluding hydrogens is 250 g/mol. The predicted molar refractivity (Wildman–Crippen MR) is 82.0 cm³/mol. The van der Waals surface area contributed by atoms with Crippen molar-refractivity contribution in [3.8, 4) is 0 Å². The van der Waals surface area contributed by atoms with E-state index in [0.717, 1.165) is 23.7 Å². The van der Waals surface area contributed by atoms with Crippen LogP contribution in [0, 0.1) is 0 Å². The number of aromatic amines is 1. The van der Waals surface area contributed by atoms with Gasteiger partial charge in [0.25, 0.3) is 0 Å². The second-order valence-corrected chi connectivity index (χ2v) is 4.73. The molecule has 0 aliphatic heterocycles. The van der Waals surface area contributed by atoms with Crippen molar-refractivity contribution in [2.45, 2.75) is 6.54 Å². The zero-order valence-electron chi connectivity index (χ0n) is 11.6. The first-order chi connectivity index (χ1) is 9.78. The van der Waals surface area contributed by atoms with Gasteiger partial charge < -0.3 is 15.2 Å². The second-order valence-electron chi connectivity index (χ2n) is 4.73. The molecule has 1 aromatic carbocycles. The first-order valence-electron chi connectivity index (χ1n) is 6.54. The summed E-state index contributed by atoms with van der Waals surface area (Å²) in [5, 5.41) is 4.28. The standard InChI is InChI=1S/C15H17N5/c1-16-14-7-15(19-10-18-14)20(2)9-11-8-17-13-6-4-3-5-12(11)13/h3-8,10,17H,9H2,1-2H3,(H,16,18,19). The Morgan fingerprint density at radius 2 is 2.10 bits per heavy atom. The molecule has 0 saturated carbocycles. The molecule has 2 heterocycles. The topological polar surface area (TPSA) is 56.8 Å². The molecule has 0 amide bonds. The summed E-state index contributed by atoms with van der Waals surface area (Å²) < 4.78 is 0. The van der Waals surface area contributed by atoms with Gasteiger partial charge >= 0.3 is 0 Å². The van der Waals surface area contributed by atoms with E-state index in [1.165, 1.54) is 10.9 Å². The zero-order chi connectivity index (χ0) is 13.9. The van der Waals surface area contributed by atoms with E-state index in [1.807, 2.05) is 26.2 Å². The van der Waals surface area contributed by atoms with Crippen molar-refractivity contribution in [2.75, 3.05) is 24.3 Å². The van der Waals surface area contributed by atoms with Crippen LogP contribution in [0.1, 0.15) is 5.56 Å². The second kappa shape index (κ2) is 5.21. The molecule has 0 spiro atoms. The van der Waals surface area contributed by atoms with E-state index in [4.69, 9.17) is 0 Å². The number of nitrogens with one attached hydrogen (secondary N) is 2. The molecule has 0 bridgehead atoms. The van der Waals surface area contributed by atoms with E-state index in [9.17, 15) is 0 Å². The Morgan fingerprint density at radius 3 is 2.95 bits per heavy atom. The lowest BCUT2D eigenvalue weighted by molar-refractivity contribution is 0.897. The lowest BCUT2D eigenvalue weighted by Gasteiger charge is -2.18. The predicted octanol–water partition coefficient (Wildman–Crippen LogP) is 2.64. The van der Waals surface area contributed by atoms with Crippen LogP contribution in [0.2, 0.25) is 0 Å². The van der Waals surface area contributed by atoms with E-state index in [-0.39, 0.29) is 0 Å². The van der Waals surface area contributed by atoms with Crippen LogP contribution in [-0.2, 0) is 6.54 Å². The van der Waals surface area contributed by atoms with E-state index in [2.05, 4.69) is 49.6 Å². The van der Waals surface area contributed by atoms with E-state index >= 15 is 0 Å². The third-order valence-corrected chi connectivity index (χ3v) is 3.38. The number of benzene rings is 1. The van der Waals surface area contributed by atoms with Gasteiger partial charge in [-0.3, -0.25) is 0 Å². The Balaban J connectivity index is 1.86. The van der Waals surface area contributed by atoms with Crippen molar-refractivity contribution in [1.82, 2.24) is 15.0 Å². The number of hydrogen-bond donors (Lipinski definition) is 2. The van der Waals surface area contributed by atoms with Crippen LogP contribution < -0.4 is 10.2 Å². The number of aromatic nitrogens is 3. The Morgan fingerprint density at radius 1 is 1.25 bits per heavy atom. The number of hydrogen-bond acceptors (Lipinski definition) is 4. The number of rotatable bonds is 4. The van der Waals surface area contributed by atoms with Crippen molar-refractivity contribution in [1.29, 1.82) is 0 Å². The Labute approximate surface area is 117 Å². The summed E-state index contributed by atoms with van der Waals surface area (Å²) in [6, 6.07) is 10.3. The molecule has 0 fully saturated rings. The van der Waals surface area contributed by atoms with Crippen LogP contribution in [0.4, 0.5) is 11.6 Å². The summed E-state index contributed by atoms with van der Waals surface area (Å²) >= 11 is 0. The van der Waals surface area contributed by atoms with Crippen molar-refractivity contribution >= 4 is 22.5 Å². The smallest absolute Gasteiger partial charge is 0.134 e. The van der Waals surface area contributed by atoms with Crippen molar-refractivity contribution in [3.05, 3.63) is 48.4 Å². The third-order valence-electron chi connectivity index (χ3n) is 3.38. The third kappa shape index (κ3) is 2.30. The van der Waals surface area contributed by atoms with Crippen LogP contribution in [0.3, 0.4) is 0 Å². The van der Waals surface area contributed by atoms with Crippen LogP contribution in [0.15, 0.2) is 42.9 Å². The molecule has 0 aliphatic rings. The molecule has 0 unspecified atom stereocenters. The number of fused-ring (bicyclic) bond motifs is 1. The van der Waals surface area contributed by atoms with Crippen LogP contribution in [0.5, 0.6) is 0 Å². The molecule has 5 nitrogen and oxygen atoms in total. The highest BCUT2D eigenvalue weighted by molar-refractivity contribution is 5.83. The lowest BCUT2D eigenvalue weighted by atomic mass is 10.1. The van der Waals surface area contributed by atoms with Gasteiger partial charge in [-0.25, -0.2) is 9.97 Å². The van der Waals surface area contributed by atoms with E-state index in [0.29, 0.717) is 0 Å². The molecule has 0 radical (unpaired) electrons. The summed E-state index contributed by atoms with van der Waals surface area (Å²) in [5.74, 6) is 1.72. The molecular formula is C15H17N5. The Hall–Kier alpha value is -2.56. The average Bonchev–Trinajstić information content (AvgIpc) is 2.90. The van der Waals surface area contributed by atoms with Crippen LogP contribution in [0.25, 0.3) is 10.9 Å². The normalized spacial score (nSPS) is 10.7. The maximum absolute atomic E-state index is 4.31. The summed E-state index contributed by atoms with van der Waals surface area (Å²) in [5.41, 5.74) is 2.42. The largest absolute Gasteiger partial charge is 0.373 e. The van der Waals surface area contributed by atoms with Gasteiger partial charge in [-0.2, -0.15) is 0 Å². The molecule has 3 aromatic rings. The highest BCUT2D eigenvalue weighted by Crippen LogP contribution is 2.21. The molecule has 102 valence electrons. The molecule has 3 rings (SSSR count). The molecule has 5 heteroatoms. The minimum absolute atomic E-state index is 0.796. The highest BCUT2D eigenvalue weighted by Gasteiger charge is 2.08. The fourth-order valence-electron chi connectivity index (χ4n) is 2.29. The molecule has 2 aromatic heterocycles. The van der Waals surface area contributed by atoms with E-state index in [1.54, 1.807) is 6.33 Å². The number of H-pyrrole nitrogens is 1. The summed E-state index contributed by atoms with van der Waals surface area (Å²) in [6.45, 7) is 0.796. The number of anilines is 2. The number of nitrogens with zero attached hydrogens (tertiary/aromatic N) is 3. The Kier molecular flexibility index (Phi) is 3.25. The summed E-state index contributed by atoms with van der Waals surface area (Å²) in [7, 11) is 3.88. The quantitative estimate of drug-likeness (QED) is 0.763. The summed E-state index contributed by atoms with van der Waals surface area (Å²) in [4.78, 5) is 13.8. The van der Waals surface area contributed by atoms with Crippen LogP contribution >= 0.6 is 0 Å². The van der Waals surface area contributed by atoms with Crippen molar-refractivity contribution in [2.24, 2.45) is 0 Å². The monoisotopic (exact) mass is 267 g/mol. The zero-order valence-corrected chi connectivity index (χ0v) is 11.6. The van der Waals surface area contributed by atoms with Gasteiger partial charge in [-0.05, 0) is 11.6 Å². The maximum Gasteiger partial charge on any atom is 0.134 e. The lowest BCUT2D eigenvalue weighted by Crippen LogP contribution is -2.17. The van der Waals surface area contributed by atoms with Gasteiger partial charge in [0, 0.05) is 43.8 Å². The molecule has 2 N–H and O–H groups in total. The SMILES string of the molecule is CNc1cc(N(C)Cc2c[nH]c3ccccc23)ncn1. The minimum Gasteiger partial charge on any atom is -0.373 e. The number of para-hydroxylation sites is 1. The minimum atomic E-state index is 0.796. The fraction of sp³-hybridized carbons (Fsp3) is 0.200. The van der Waals surface area contributed by atoms with Gasteiger partial charge in [-0.1, -0.05) is 18.2 Å². The van der Waals surface area contributed by atoms with Crippen molar-refractivity contribution in [3.63, 3.8) is 0 Å². The highest BCUT2D eigenvalue weighted by atomic mass is 15.2. The maximum atomic E-state index is 4.31. The summed E-state index contributed by atoms with van der Waals surface area (Å²) in [6.07, 6.45) is 3.63. The first-order valence-corrected chi connectivity index (χ1v) is 6.54. The van der Waals surface area contributed by atoms with Gasteiger partial charge in [-0.15, -0.1) is 0 Å². The Bertz CT molecular complexity index is 719. The molecule has 0 atom stereocenters. The van der Waals surface area contributed by atoms with Gasteiger partial charge in [0.05, 0.1) is 0 Å². The van der Waals surface area contributed by atoms with Gasteiger partial charge in [0.15, 0.2) is 0 Å². The average molecular weight is 267 g/mol. The molecule has 0 saturated heterocycles. The first kappa shape index (κ1) is 12.5. The fourth-order valence-corrected chi connectivity index (χ4v) is 2.29. The van der Waals surface area contributed by atoms with Gasteiger partial charge in [0.1, 0.15) is 18.0 Å².